The highest BCUT2D eigenvalue weighted by Crippen LogP contribution is 2.52. The van der Waals surface area contributed by atoms with Crippen molar-refractivity contribution in [3.05, 3.63) is 78.4 Å². The van der Waals surface area contributed by atoms with E-state index >= 15 is 0 Å². The number of amides is 1. The number of benzene rings is 4. The monoisotopic (exact) mass is 509 g/mol. The molecular formula is C25H17F6NO4. The van der Waals surface area contributed by atoms with Crippen LogP contribution in [0, 0.1) is 0 Å². The minimum Gasteiger partial charge on any atom is -0.508 e. The van der Waals surface area contributed by atoms with Crippen LogP contribution in [0.2, 0.25) is 0 Å². The van der Waals surface area contributed by atoms with Gasteiger partial charge in [-0.2, -0.15) is 26.3 Å². The molecule has 0 unspecified atom stereocenters. The molecule has 0 aliphatic carbocycles. The normalized spacial score (nSPS) is 12.6. The van der Waals surface area contributed by atoms with Crippen molar-refractivity contribution in [2.24, 2.45) is 0 Å². The van der Waals surface area contributed by atoms with E-state index in [2.05, 4.69) is 5.32 Å². The Hall–Kier alpha value is -3.99. The van der Waals surface area contributed by atoms with Crippen LogP contribution in [0.1, 0.15) is 5.56 Å². The molecule has 0 atom stereocenters. The molecule has 0 bridgehead atoms. The van der Waals surface area contributed by atoms with Gasteiger partial charge in [0.15, 0.2) is 6.61 Å². The smallest absolute Gasteiger partial charge is 0.430 e. The lowest BCUT2D eigenvalue weighted by Crippen LogP contribution is -2.53. The zero-order chi connectivity index (χ0) is 26.3. The molecule has 0 aliphatic heterocycles. The minimum absolute atomic E-state index is 0.0231. The van der Waals surface area contributed by atoms with Gasteiger partial charge in [0.05, 0.1) is 0 Å². The fourth-order valence-corrected chi connectivity index (χ4v) is 3.78. The fourth-order valence-electron chi connectivity index (χ4n) is 3.78. The summed E-state index contributed by atoms with van der Waals surface area (Å²) in [4.78, 5) is 12.4. The van der Waals surface area contributed by atoms with Gasteiger partial charge in [-0.1, -0.05) is 42.5 Å². The van der Waals surface area contributed by atoms with E-state index in [-0.39, 0.29) is 16.5 Å². The summed E-state index contributed by atoms with van der Waals surface area (Å²) in [5, 5.41) is 23.9. The number of hydrogen-bond donors (Lipinski definition) is 3. The Labute approximate surface area is 199 Å². The molecule has 11 heteroatoms. The summed E-state index contributed by atoms with van der Waals surface area (Å²) >= 11 is 0. The number of hydrogen-bond acceptors (Lipinski definition) is 4. The number of rotatable bonds is 5. The number of halogens is 6. The van der Waals surface area contributed by atoms with Gasteiger partial charge in [0.25, 0.3) is 11.5 Å². The van der Waals surface area contributed by atoms with Crippen molar-refractivity contribution >= 4 is 33.1 Å². The molecule has 0 aromatic heterocycles. The Morgan fingerprint density at radius 3 is 2.17 bits per heavy atom. The maximum atomic E-state index is 13.2. The molecule has 36 heavy (non-hydrogen) atoms. The molecular weight excluding hydrogens is 492 g/mol. The van der Waals surface area contributed by atoms with Gasteiger partial charge < -0.3 is 20.3 Å². The van der Waals surface area contributed by atoms with Crippen LogP contribution in [0.5, 0.6) is 11.5 Å². The minimum atomic E-state index is -6.14. The van der Waals surface area contributed by atoms with Gasteiger partial charge in [-0.15, -0.1) is 0 Å². The molecule has 5 nitrogen and oxygen atoms in total. The van der Waals surface area contributed by atoms with Gasteiger partial charge in [0.1, 0.15) is 11.5 Å². The quantitative estimate of drug-likeness (QED) is 0.287. The van der Waals surface area contributed by atoms with Crippen LogP contribution in [0.25, 0.3) is 21.5 Å². The molecule has 188 valence electrons. The van der Waals surface area contributed by atoms with Crippen molar-refractivity contribution in [1.29, 1.82) is 0 Å². The lowest BCUT2D eigenvalue weighted by atomic mass is 9.89. The Morgan fingerprint density at radius 1 is 0.806 bits per heavy atom. The van der Waals surface area contributed by atoms with Gasteiger partial charge in [0.2, 0.25) is 0 Å². The van der Waals surface area contributed by atoms with Crippen LogP contribution in [0.15, 0.2) is 72.8 Å². The highest BCUT2D eigenvalue weighted by Gasteiger charge is 2.72. The number of anilines is 1. The van der Waals surface area contributed by atoms with E-state index in [9.17, 15) is 41.4 Å². The van der Waals surface area contributed by atoms with E-state index < -0.39 is 41.8 Å². The first-order chi connectivity index (χ1) is 16.8. The molecule has 0 fully saturated rings. The van der Waals surface area contributed by atoms with Crippen molar-refractivity contribution in [3.8, 4) is 11.5 Å². The first-order valence-electron chi connectivity index (χ1n) is 10.3. The Morgan fingerprint density at radius 2 is 1.47 bits per heavy atom. The highest BCUT2D eigenvalue weighted by atomic mass is 19.4. The summed E-state index contributed by atoms with van der Waals surface area (Å²) in [5.74, 6) is -1.85. The summed E-state index contributed by atoms with van der Waals surface area (Å²) < 4.78 is 84.7. The standard InChI is InChI=1S/C25H17F6NO4/c26-24(27,28)23(35,25(29,30)31)19-11-15-8-9-17(10-16(15)12-21(19)33)36-13-22(34)32-20-7-3-5-14-4-1-2-6-18(14)20/h1-12,33,35H,13H2,(H,32,34). The lowest BCUT2D eigenvalue weighted by Gasteiger charge is -2.33. The summed E-state index contributed by atoms with van der Waals surface area (Å²) in [7, 11) is 0. The zero-order valence-corrected chi connectivity index (χ0v) is 18.1. The van der Waals surface area contributed by atoms with E-state index in [0.717, 1.165) is 16.8 Å². The Bertz CT molecular complexity index is 1430. The Balaban J connectivity index is 1.55. The second kappa shape index (κ2) is 8.90. The van der Waals surface area contributed by atoms with Gasteiger partial charge >= 0.3 is 12.4 Å². The zero-order valence-electron chi connectivity index (χ0n) is 18.1. The molecule has 4 aromatic rings. The molecule has 0 radical (unpaired) electrons. The molecule has 0 saturated heterocycles. The average molecular weight is 509 g/mol. The number of aromatic hydroxyl groups is 1. The van der Waals surface area contributed by atoms with Crippen molar-refractivity contribution in [2.45, 2.75) is 18.0 Å². The van der Waals surface area contributed by atoms with Crippen molar-refractivity contribution in [2.75, 3.05) is 11.9 Å². The van der Waals surface area contributed by atoms with Crippen LogP contribution in [0.3, 0.4) is 0 Å². The predicted octanol–water partition coefficient (Wildman–Crippen LogP) is 6.03. The van der Waals surface area contributed by atoms with Crippen molar-refractivity contribution in [1.82, 2.24) is 0 Å². The topological polar surface area (TPSA) is 78.8 Å². The summed E-state index contributed by atoms with van der Waals surface area (Å²) in [6.07, 6.45) is -12.3. The summed E-state index contributed by atoms with van der Waals surface area (Å²) in [5.41, 5.74) is -6.47. The van der Waals surface area contributed by atoms with E-state index in [1.54, 1.807) is 12.1 Å². The number of phenols is 1. The third-order valence-corrected chi connectivity index (χ3v) is 5.57. The Kier molecular flexibility index (Phi) is 6.21. The van der Waals surface area contributed by atoms with Crippen molar-refractivity contribution < 1.29 is 46.1 Å². The van der Waals surface area contributed by atoms with Crippen molar-refractivity contribution in [3.63, 3.8) is 0 Å². The maximum Gasteiger partial charge on any atom is 0.430 e. The second-order valence-electron chi connectivity index (χ2n) is 7.95. The molecule has 0 spiro atoms. The van der Waals surface area contributed by atoms with Crippen LogP contribution in [0.4, 0.5) is 32.0 Å². The fraction of sp³-hybridized carbons (Fsp3) is 0.160. The van der Waals surface area contributed by atoms with Crippen LogP contribution < -0.4 is 10.1 Å². The molecule has 0 aliphatic rings. The molecule has 4 rings (SSSR count). The molecule has 3 N–H and O–H groups in total. The maximum absolute atomic E-state index is 13.2. The number of carbonyl (C=O) groups excluding carboxylic acids is 1. The van der Waals surface area contributed by atoms with Crippen LogP contribution in [-0.4, -0.2) is 35.1 Å². The third-order valence-electron chi connectivity index (χ3n) is 5.57. The first-order valence-corrected chi connectivity index (χ1v) is 10.3. The first kappa shape index (κ1) is 25.1. The van der Waals surface area contributed by atoms with E-state index in [4.69, 9.17) is 4.74 Å². The summed E-state index contributed by atoms with van der Waals surface area (Å²) in [6.45, 7) is -0.444. The van der Waals surface area contributed by atoms with Gasteiger partial charge in [0, 0.05) is 16.6 Å². The number of nitrogens with one attached hydrogen (secondary N) is 1. The van der Waals surface area contributed by atoms with E-state index in [0.29, 0.717) is 17.8 Å². The van der Waals surface area contributed by atoms with Gasteiger partial charge in [-0.05, 0) is 46.5 Å². The number of aliphatic hydroxyl groups is 1. The van der Waals surface area contributed by atoms with Gasteiger partial charge in [-0.25, -0.2) is 0 Å². The predicted molar refractivity (Wildman–Crippen MR) is 120 cm³/mol. The number of alkyl halides is 6. The second-order valence-corrected chi connectivity index (χ2v) is 7.95. The van der Waals surface area contributed by atoms with Crippen LogP contribution in [-0.2, 0) is 10.4 Å². The number of phenolic OH excluding ortho intramolecular Hbond substituents is 1. The molecule has 0 saturated carbocycles. The van der Waals surface area contributed by atoms with E-state index in [1.807, 2.05) is 30.3 Å². The highest BCUT2D eigenvalue weighted by molar-refractivity contribution is 6.02. The SMILES string of the molecule is O=C(COc1ccc2cc(C(O)(C(F)(F)F)C(F)(F)F)c(O)cc2c1)Nc1cccc2ccccc12. The largest absolute Gasteiger partial charge is 0.508 e. The van der Waals surface area contributed by atoms with Gasteiger partial charge in [-0.3, -0.25) is 4.79 Å². The summed E-state index contributed by atoms with van der Waals surface area (Å²) in [6, 6.07) is 17.4. The molecule has 1 amide bonds. The number of fused-ring (bicyclic) bond motifs is 2. The average Bonchev–Trinajstić information content (AvgIpc) is 2.80. The number of ether oxygens (including phenoxy) is 1. The van der Waals surface area contributed by atoms with Crippen LogP contribution >= 0.6 is 0 Å². The molecule has 4 aromatic carbocycles. The van der Waals surface area contributed by atoms with E-state index in [1.165, 1.54) is 12.1 Å². The lowest BCUT2D eigenvalue weighted by molar-refractivity contribution is -0.376. The third kappa shape index (κ3) is 4.49. The molecule has 0 heterocycles. The number of carbonyl (C=O) groups is 1.